The molecule has 4 N–H and O–H groups in total. The molecule has 0 saturated carbocycles. The van der Waals surface area contributed by atoms with Gasteiger partial charge in [0, 0.05) is 17.9 Å². The van der Waals surface area contributed by atoms with Crippen LogP contribution in [0.5, 0.6) is 0 Å². The fourth-order valence-corrected chi connectivity index (χ4v) is 3.69. The highest BCUT2D eigenvalue weighted by Gasteiger charge is 2.20. The van der Waals surface area contributed by atoms with Crippen LogP contribution in [0.3, 0.4) is 0 Å². The van der Waals surface area contributed by atoms with E-state index in [1.165, 1.54) is 10.7 Å². The summed E-state index contributed by atoms with van der Waals surface area (Å²) in [7, 11) is 0. The van der Waals surface area contributed by atoms with Gasteiger partial charge in [-0.2, -0.15) is 15.5 Å². The summed E-state index contributed by atoms with van der Waals surface area (Å²) in [4.78, 5) is 24.1. The minimum Gasteiger partial charge on any atom is -0.378 e. The number of amides is 1. The molecule has 35 heavy (non-hydrogen) atoms. The number of aromatic nitrogens is 7. The number of carbonyl (C=O) groups is 1. The van der Waals surface area contributed by atoms with Crippen molar-refractivity contribution >= 4 is 17.2 Å². The van der Waals surface area contributed by atoms with Gasteiger partial charge in [-0.3, -0.25) is 9.48 Å². The maximum Gasteiger partial charge on any atom is 0.269 e. The average molecular weight is 467 g/mol. The van der Waals surface area contributed by atoms with Crippen LogP contribution in [0, 0.1) is 11.3 Å². The molecule has 11 nitrogen and oxygen atoms in total. The third-order valence-electron chi connectivity index (χ3n) is 5.46. The summed E-state index contributed by atoms with van der Waals surface area (Å²) in [5, 5.41) is 21.7. The van der Waals surface area contributed by atoms with Gasteiger partial charge in [0.05, 0.1) is 30.1 Å². The fourth-order valence-electron chi connectivity index (χ4n) is 3.69. The van der Waals surface area contributed by atoms with Crippen LogP contribution in [-0.2, 0) is 6.54 Å². The van der Waals surface area contributed by atoms with E-state index >= 15 is 0 Å². The fraction of sp³-hybridized carbons (Fsp3) is 0.167. The Morgan fingerprint density at radius 1 is 1.20 bits per heavy atom. The quantitative estimate of drug-likeness (QED) is 0.333. The number of hydrogen-bond acceptors (Lipinski definition) is 7. The van der Waals surface area contributed by atoms with E-state index in [0.717, 1.165) is 5.69 Å². The number of benzene rings is 1. The number of nitrogens with one attached hydrogen (secondary N) is 2. The number of H-pyrrole nitrogens is 1. The average Bonchev–Trinajstić information content (AvgIpc) is 3.60. The highest BCUT2D eigenvalue weighted by molar-refractivity contribution is 5.91. The molecule has 0 spiro atoms. The van der Waals surface area contributed by atoms with Gasteiger partial charge in [0.25, 0.3) is 5.91 Å². The Bertz CT molecular complexity index is 1580. The zero-order chi connectivity index (χ0) is 24.5. The second kappa shape index (κ2) is 8.75. The highest BCUT2D eigenvalue weighted by Crippen LogP contribution is 2.29. The van der Waals surface area contributed by atoms with Crippen molar-refractivity contribution in [2.24, 2.45) is 5.73 Å². The SMILES string of the molecule is CC(C)n1ccc(-c2[nH]c(CNc3cccc(C#N)c3)nc2-c2ccc3ncc(C(N)=O)n3n2)n1. The first-order valence-corrected chi connectivity index (χ1v) is 11.0. The number of nitrogens with zero attached hydrogens (tertiary/aromatic N) is 7. The number of carbonyl (C=O) groups excluding carboxylic acids is 1. The maximum absolute atomic E-state index is 11.8. The number of aromatic amines is 1. The van der Waals surface area contributed by atoms with Gasteiger partial charge in [-0.15, -0.1) is 0 Å². The van der Waals surface area contributed by atoms with Crippen molar-refractivity contribution in [1.29, 1.82) is 5.26 Å². The Balaban J connectivity index is 1.56. The van der Waals surface area contributed by atoms with E-state index in [4.69, 9.17) is 16.0 Å². The maximum atomic E-state index is 11.8. The normalized spacial score (nSPS) is 11.1. The highest BCUT2D eigenvalue weighted by atomic mass is 16.1. The molecule has 0 atom stereocenters. The molecule has 5 aromatic rings. The smallest absolute Gasteiger partial charge is 0.269 e. The summed E-state index contributed by atoms with van der Waals surface area (Å²) in [6, 6.07) is 15.0. The summed E-state index contributed by atoms with van der Waals surface area (Å²) in [5.41, 5.74) is 10.0. The van der Waals surface area contributed by atoms with Gasteiger partial charge in [0.2, 0.25) is 0 Å². The van der Waals surface area contributed by atoms with Crippen LogP contribution in [0.15, 0.2) is 54.9 Å². The Morgan fingerprint density at radius 2 is 2.06 bits per heavy atom. The third kappa shape index (κ3) is 4.20. The number of nitriles is 1. The molecule has 174 valence electrons. The van der Waals surface area contributed by atoms with Gasteiger partial charge in [0.15, 0.2) is 5.65 Å². The molecule has 0 aliphatic rings. The van der Waals surface area contributed by atoms with E-state index in [1.54, 1.807) is 24.3 Å². The minimum absolute atomic E-state index is 0.183. The zero-order valence-electron chi connectivity index (χ0n) is 19.1. The van der Waals surface area contributed by atoms with Gasteiger partial charge in [-0.1, -0.05) is 6.07 Å². The number of nitrogens with two attached hydrogens (primary N) is 1. The standard InChI is InChI=1S/C24H22N10O/c1-14(2)33-9-8-18(31-33)23-22(17-6-7-21-28-12-19(24(26)35)34(21)32-17)29-20(30-23)13-27-16-5-3-4-15(10-16)11-25/h3-10,12,14,27H,13H2,1-2H3,(H2,26,35)(H,29,30). The van der Waals surface area contributed by atoms with Crippen molar-refractivity contribution in [2.45, 2.75) is 26.4 Å². The van der Waals surface area contributed by atoms with Gasteiger partial charge >= 0.3 is 0 Å². The molecule has 4 aromatic heterocycles. The molecule has 0 bridgehead atoms. The van der Waals surface area contributed by atoms with Gasteiger partial charge in [-0.05, 0) is 50.2 Å². The summed E-state index contributed by atoms with van der Waals surface area (Å²) in [6.07, 6.45) is 3.31. The van der Waals surface area contributed by atoms with Crippen molar-refractivity contribution in [3.63, 3.8) is 0 Å². The van der Waals surface area contributed by atoms with Crippen LogP contribution in [0.4, 0.5) is 5.69 Å². The number of fused-ring (bicyclic) bond motifs is 1. The van der Waals surface area contributed by atoms with E-state index in [-0.39, 0.29) is 11.7 Å². The molecule has 0 unspecified atom stereocenters. The first-order valence-electron chi connectivity index (χ1n) is 11.0. The lowest BCUT2D eigenvalue weighted by Gasteiger charge is -2.04. The van der Waals surface area contributed by atoms with Crippen molar-refractivity contribution < 1.29 is 4.79 Å². The van der Waals surface area contributed by atoms with Crippen LogP contribution in [0.25, 0.3) is 28.4 Å². The number of anilines is 1. The van der Waals surface area contributed by atoms with E-state index in [1.807, 2.05) is 29.1 Å². The Labute approximate surface area is 200 Å². The molecule has 11 heteroatoms. The molecule has 1 amide bonds. The van der Waals surface area contributed by atoms with Crippen molar-refractivity contribution in [2.75, 3.05) is 5.32 Å². The van der Waals surface area contributed by atoms with Gasteiger partial charge < -0.3 is 16.0 Å². The lowest BCUT2D eigenvalue weighted by atomic mass is 10.2. The van der Waals surface area contributed by atoms with Crippen LogP contribution in [0.2, 0.25) is 0 Å². The van der Waals surface area contributed by atoms with Crippen molar-refractivity contribution in [3.05, 3.63) is 71.9 Å². The first-order chi connectivity index (χ1) is 16.9. The molecule has 1 aromatic carbocycles. The molecular weight excluding hydrogens is 444 g/mol. The van der Waals surface area contributed by atoms with Crippen LogP contribution in [-0.4, -0.2) is 40.3 Å². The summed E-state index contributed by atoms with van der Waals surface area (Å²) in [5.74, 6) is 0.0312. The monoisotopic (exact) mass is 466 g/mol. The Kier molecular flexibility index (Phi) is 5.46. The Morgan fingerprint density at radius 3 is 2.80 bits per heavy atom. The molecule has 5 rings (SSSR count). The lowest BCUT2D eigenvalue weighted by Crippen LogP contribution is -2.15. The summed E-state index contributed by atoms with van der Waals surface area (Å²) >= 11 is 0. The summed E-state index contributed by atoms with van der Waals surface area (Å²) in [6.45, 7) is 4.48. The number of hydrogen-bond donors (Lipinski definition) is 3. The second-order valence-electron chi connectivity index (χ2n) is 8.22. The minimum atomic E-state index is -0.621. The molecule has 0 radical (unpaired) electrons. The van der Waals surface area contributed by atoms with Crippen LogP contribution >= 0.6 is 0 Å². The largest absolute Gasteiger partial charge is 0.378 e. The van der Waals surface area contributed by atoms with Crippen LogP contribution < -0.4 is 11.1 Å². The van der Waals surface area contributed by atoms with E-state index < -0.39 is 5.91 Å². The molecule has 0 fully saturated rings. The molecule has 0 aliphatic heterocycles. The third-order valence-corrected chi connectivity index (χ3v) is 5.46. The Hall–Kier alpha value is -4.98. The predicted molar refractivity (Wildman–Crippen MR) is 129 cm³/mol. The van der Waals surface area contributed by atoms with Crippen molar-refractivity contribution in [3.8, 4) is 28.8 Å². The van der Waals surface area contributed by atoms with Gasteiger partial charge in [0.1, 0.15) is 28.6 Å². The molecule has 4 heterocycles. The van der Waals surface area contributed by atoms with E-state index in [9.17, 15) is 4.79 Å². The number of imidazole rings is 2. The summed E-state index contributed by atoms with van der Waals surface area (Å²) < 4.78 is 3.27. The zero-order valence-corrected chi connectivity index (χ0v) is 19.1. The van der Waals surface area contributed by atoms with Crippen molar-refractivity contribution in [1.82, 2.24) is 34.3 Å². The molecule has 0 saturated heterocycles. The molecular formula is C24H22N10O. The number of rotatable bonds is 7. The topological polar surface area (TPSA) is 156 Å². The van der Waals surface area contributed by atoms with Crippen LogP contribution in [0.1, 0.15) is 41.8 Å². The first kappa shape index (κ1) is 21.8. The van der Waals surface area contributed by atoms with E-state index in [0.29, 0.717) is 46.4 Å². The van der Waals surface area contributed by atoms with Gasteiger partial charge in [-0.25, -0.2) is 14.5 Å². The predicted octanol–water partition coefficient (Wildman–Crippen LogP) is 3.15. The molecule has 0 aliphatic carbocycles. The lowest BCUT2D eigenvalue weighted by molar-refractivity contribution is 0.0993. The second-order valence-corrected chi connectivity index (χ2v) is 8.22. The van der Waals surface area contributed by atoms with E-state index in [2.05, 4.69) is 45.4 Å². The number of primary amides is 1.